The van der Waals surface area contributed by atoms with E-state index < -0.39 is 0 Å². The minimum atomic E-state index is -0.243. The van der Waals surface area contributed by atoms with Crippen LogP contribution in [0.25, 0.3) is 10.2 Å². The number of para-hydroxylation sites is 1. The number of hydrazine groups is 1. The Balaban J connectivity index is 1.43. The first kappa shape index (κ1) is 17.1. The van der Waals surface area contributed by atoms with Crippen molar-refractivity contribution >= 4 is 55.6 Å². The molecular weight excluding hydrogens is 354 g/mol. The molecule has 0 bridgehead atoms. The van der Waals surface area contributed by atoms with Gasteiger partial charge in [0, 0.05) is 5.69 Å². The largest absolute Gasteiger partial charge is 0.352 e. The van der Waals surface area contributed by atoms with Crippen molar-refractivity contribution in [3.63, 3.8) is 0 Å². The van der Waals surface area contributed by atoms with Crippen LogP contribution >= 0.6 is 23.6 Å². The first-order chi connectivity index (χ1) is 12.1. The van der Waals surface area contributed by atoms with Gasteiger partial charge in [-0.3, -0.25) is 15.6 Å². The van der Waals surface area contributed by atoms with Crippen LogP contribution in [0.4, 0.5) is 10.8 Å². The SMILES string of the molecule is Cc1ccc(NC(=S)NNC(=O)CNc2nc3ccccc3s2)cc1. The topological polar surface area (TPSA) is 78.1 Å². The first-order valence-corrected chi connectivity index (χ1v) is 8.84. The summed E-state index contributed by atoms with van der Waals surface area (Å²) >= 11 is 6.65. The summed E-state index contributed by atoms with van der Waals surface area (Å²) in [5, 5.41) is 7.02. The lowest BCUT2D eigenvalue weighted by molar-refractivity contribution is -0.119. The molecule has 0 fully saturated rings. The zero-order valence-corrected chi connectivity index (χ0v) is 15.1. The predicted octanol–water partition coefficient (Wildman–Crippen LogP) is 3.03. The summed E-state index contributed by atoms with van der Waals surface area (Å²) in [4.78, 5) is 16.3. The van der Waals surface area contributed by atoms with Crippen LogP contribution in [0.3, 0.4) is 0 Å². The lowest BCUT2D eigenvalue weighted by atomic mass is 10.2. The minimum Gasteiger partial charge on any atom is -0.352 e. The molecule has 25 heavy (non-hydrogen) atoms. The second-order valence-corrected chi connectivity index (χ2v) is 6.77. The highest BCUT2D eigenvalue weighted by Crippen LogP contribution is 2.24. The van der Waals surface area contributed by atoms with Crippen molar-refractivity contribution in [2.45, 2.75) is 6.92 Å². The summed E-state index contributed by atoms with van der Waals surface area (Å²) in [5.41, 5.74) is 8.14. The van der Waals surface area contributed by atoms with E-state index in [4.69, 9.17) is 12.2 Å². The summed E-state index contributed by atoms with van der Waals surface area (Å²) < 4.78 is 1.08. The van der Waals surface area contributed by atoms with Crippen molar-refractivity contribution in [3.05, 3.63) is 54.1 Å². The smallest absolute Gasteiger partial charge is 0.257 e. The Morgan fingerprint density at radius 1 is 1.12 bits per heavy atom. The molecule has 0 unspecified atom stereocenters. The van der Waals surface area contributed by atoms with Gasteiger partial charge in [0.05, 0.1) is 16.8 Å². The van der Waals surface area contributed by atoms with E-state index in [2.05, 4.69) is 26.5 Å². The summed E-state index contributed by atoms with van der Waals surface area (Å²) in [5.74, 6) is -0.243. The molecule has 1 aromatic heterocycles. The van der Waals surface area contributed by atoms with Crippen molar-refractivity contribution in [3.8, 4) is 0 Å². The third-order valence-electron chi connectivity index (χ3n) is 3.32. The fraction of sp³-hybridized carbons (Fsp3) is 0.118. The van der Waals surface area contributed by atoms with Crippen molar-refractivity contribution in [2.24, 2.45) is 0 Å². The number of amides is 1. The van der Waals surface area contributed by atoms with Crippen LogP contribution in [-0.4, -0.2) is 22.5 Å². The van der Waals surface area contributed by atoms with Crippen molar-refractivity contribution in [2.75, 3.05) is 17.2 Å². The predicted molar refractivity (Wildman–Crippen MR) is 107 cm³/mol. The summed E-state index contributed by atoms with van der Waals surface area (Å²) in [6, 6.07) is 15.6. The van der Waals surface area contributed by atoms with E-state index >= 15 is 0 Å². The van der Waals surface area contributed by atoms with Gasteiger partial charge in [-0.2, -0.15) is 0 Å². The van der Waals surface area contributed by atoms with Gasteiger partial charge in [0.25, 0.3) is 5.91 Å². The standard InChI is InChI=1S/C17H17N5OS2/c1-11-6-8-12(9-7-11)19-16(24)22-21-15(23)10-18-17-20-13-4-2-3-5-14(13)25-17/h2-9H,10H2,1H3,(H,18,20)(H,21,23)(H2,19,22,24). The molecule has 6 nitrogen and oxygen atoms in total. The van der Waals surface area contributed by atoms with E-state index in [-0.39, 0.29) is 12.5 Å². The number of thiazole rings is 1. The summed E-state index contributed by atoms with van der Waals surface area (Å²) in [6.45, 7) is 2.11. The first-order valence-electron chi connectivity index (χ1n) is 7.62. The molecule has 1 amide bonds. The van der Waals surface area contributed by atoms with E-state index in [9.17, 15) is 4.79 Å². The monoisotopic (exact) mass is 371 g/mol. The number of nitrogens with zero attached hydrogens (tertiary/aromatic N) is 1. The number of thiocarbonyl (C=S) groups is 1. The van der Waals surface area contributed by atoms with Crippen LogP contribution in [-0.2, 0) is 4.79 Å². The van der Waals surface area contributed by atoms with Crippen LogP contribution in [0.15, 0.2) is 48.5 Å². The van der Waals surface area contributed by atoms with Gasteiger partial charge in [-0.15, -0.1) is 0 Å². The average molecular weight is 371 g/mol. The molecule has 0 aliphatic carbocycles. The highest BCUT2D eigenvalue weighted by Gasteiger charge is 2.06. The molecule has 0 saturated heterocycles. The Labute approximate surface area is 154 Å². The van der Waals surface area contributed by atoms with Gasteiger partial charge in [-0.05, 0) is 43.4 Å². The van der Waals surface area contributed by atoms with E-state index in [0.717, 1.165) is 15.9 Å². The summed E-state index contributed by atoms with van der Waals surface area (Å²) in [7, 11) is 0. The molecule has 8 heteroatoms. The number of aromatic nitrogens is 1. The molecule has 0 radical (unpaired) electrons. The number of rotatable bonds is 4. The Morgan fingerprint density at radius 2 is 1.88 bits per heavy atom. The van der Waals surface area contributed by atoms with Gasteiger partial charge in [0.1, 0.15) is 0 Å². The fourth-order valence-corrected chi connectivity index (χ4v) is 3.10. The van der Waals surface area contributed by atoms with Gasteiger partial charge in [0.15, 0.2) is 10.2 Å². The van der Waals surface area contributed by atoms with Gasteiger partial charge in [0.2, 0.25) is 0 Å². The van der Waals surface area contributed by atoms with Gasteiger partial charge in [-0.1, -0.05) is 41.2 Å². The number of anilines is 2. The number of benzene rings is 2. The molecule has 0 spiro atoms. The van der Waals surface area contributed by atoms with Crippen LogP contribution in [0.2, 0.25) is 0 Å². The van der Waals surface area contributed by atoms with Crippen LogP contribution in [0.1, 0.15) is 5.56 Å². The number of fused-ring (bicyclic) bond motifs is 1. The maximum Gasteiger partial charge on any atom is 0.257 e. The molecule has 2 aromatic carbocycles. The molecule has 0 saturated carbocycles. The normalized spacial score (nSPS) is 10.3. The number of hydrogen-bond donors (Lipinski definition) is 4. The van der Waals surface area contributed by atoms with Gasteiger partial charge < -0.3 is 10.6 Å². The molecule has 3 aromatic rings. The molecule has 1 heterocycles. The molecule has 3 rings (SSSR count). The average Bonchev–Trinajstić information content (AvgIpc) is 3.03. The van der Waals surface area contributed by atoms with E-state index in [1.165, 1.54) is 16.9 Å². The van der Waals surface area contributed by atoms with Crippen LogP contribution in [0, 0.1) is 6.92 Å². The van der Waals surface area contributed by atoms with E-state index in [1.807, 2.05) is 55.5 Å². The van der Waals surface area contributed by atoms with Crippen molar-refractivity contribution < 1.29 is 4.79 Å². The molecule has 0 aliphatic rings. The maximum absolute atomic E-state index is 11.9. The number of nitrogens with one attached hydrogen (secondary N) is 4. The fourth-order valence-electron chi connectivity index (χ4n) is 2.07. The second kappa shape index (κ2) is 7.91. The molecule has 0 atom stereocenters. The minimum absolute atomic E-state index is 0.0972. The zero-order valence-electron chi connectivity index (χ0n) is 13.5. The Bertz CT molecular complexity index is 858. The highest BCUT2D eigenvalue weighted by molar-refractivity contribution is 7.80. The quantitative estimate of drug-likeness (QED) is 0.417. The molecule has 128 valence electrons. The number of carbonyl (C=O) groups is 1. The highest BCUT2D eigenvalue weighted by atomic mass is 32.1. The van der Waals surface area contributed by atoms with Crippen molar-refractivity contribution in [1.29, 1.82) is 0 Å². The number of hydrogen-bond acceptors (Lipinski definition) is 5. The van der Waals surface area contributed by atoms with Crippen molar-refractivity contribution in [1.82, 2.24) is 15.8 Å². The van der Waals surface area contributed by atoms with Gasteiger partial charge in [-0.25, -0.2) is 4.98 Å². The van der Waals surface area contributed by atoms with E-state index in [0.29, 0.717) is 10.2 Å². The van der Waals surface area contributed by atoms with Crippen LogP contribution in [0.5, 0.6) is 0 Å². The Morgan fingerprint density at radius 3 is 2.64 bits per heavy atom. The Kier molecular flexibility index (Phi) is 5.42. The molecule has 0 aliphatic heterocycles. The number of carbonyl (C=O) groups excluding carboxylic acids is 1. The van der Waals surface area contributed by atoms with E-state index in [1.54, 1.807) is 0 Å². The Hall–Kier alpha value is -2.71. The van der Waals surface area contributed by atoms with Gasteiger partial charge >= 0.3 is 0 Å². The third kappa shape index (κ3) is 4.88. The summed E-state index contributed by atoms with van der Waals surface area (Å²) in [6.07, 6.45) is 0. The maximum atomic E-state index is 11.9. The molecular formula is C17H17N5OS2. The second-order valence-electron chi connectivity index (χ2n) is 5.33. The van der Waals surface area contributed by atoms with Crippen LogP contribution < -0.4 is 21.5 Å². The lowest BCUT2D eigenvalue weighted by Crippen LogP contribution is -2.45. The zero-order chi connectivity index (χ0) is 17.6. The third-order valence-corrected chi connectivity index (χ3v) is 4.52. The lowest BCUT2D eigenvalue weighted by Gasteiger charge is -2.11. The molecule has 4 N–H and O–H groups in total. The number of aryl methyl sites for hydroxylation is 1.